The van der Waals surface area contributed by atoms with Crippen molar-refractivity contribution >= 4 is 66.4 Å². The lowest BCUT2D eigenvalue weighted by molar-refractivity contribution is 0.590. The summed E-state index contributed by atoms with van der Waals surface area (Å²) >= 11 is 0. The minimum Gasteiger partial charge on any atom is -0.306 e. The van der Waals surface area contributed by atoms with Gasteiger partial charge in [0.05, 0.1) is 34.1 Å². The summed E-state index contributed by atoms with van der Waals surface area (Å²) in [4.78, 5) is 4.36. The Labute approximate surface area is 470 Å². The number of nitrogens with zero attached hydrogens (tertiary/aromatic N) is 2. The number of halogens is 2. The summed E-state index contributed by atoms with van der Waals surface area (Å²) in [5.74, 6) is -0.661. The number of para-hydroxylation sites is 2. The molecule has 0 aliphatic rings. The Hall–Kier alpha value is -8.86. The summed E-state index contributed by atoms with van der Waals surface area (Å²) in [6, 6.07) is 75.6. The zero-order chi connectivity index (χ0) is 55.8. The van der Waals surface area contributed by atoms with Gasteiger partial charge in [-0.1, -0.05) is 234 Å². The molecule has 80 heavy (non-hydrogen) atoms. The molecule has 0 aliphatic heterocycles. The zero-order valence-corrected chi connectivity index (χ0v) is 47.4. The van der Waals surface area contributed by atoms with E-state index in [1.165, 1.54) is 0 Å². The van der Waals surface area contributed by atoms with Gasteiger partial charge in [0.25, 0.3) is 0 Å². The number of anilines is 6. The van der Waals surface area contributed by atoms with E-state index in [0.29, 0.717) is 11.4 Å². The monoisotopic (exact) mass is 1040 g/mol. The molecule has 394 valence electrons. The minimum absolute atomic E-state index is 0.312. The van der Waals surface area contributed by atoms with Crippen molar-refractivity contribution in [3.8, 4) is 44.5 Å². The fourth-order valence-electron chi connectivity index (χ4n) is 11.9. The largest absolute Gasteiger partial charge is 0.306 e. The number of rotatable bonds is 10. The van der Waals surface area contributed by atoms with Gasteiger partial charge < -0.3 is 9.80 Å². The molecule has 0 atom stereocenters. The van der Waals surface area contributed by atoms with Crippen LogP contribution in [0.25, 0.3) is 76.8 Å². The first-order valence-electron chi connectivity index (χ1n) is 27.9. The predicted molar refractivity (Wildman–Crippen MR) is 338 cm³/mol. The van der Waals surface area contributed by atoms with E-state index in [4.69, 9.17) is 0 Å². The van der Waals surface area contributed by atoms with Crippen LogP contribution in [0.15, 0.2) is 218 Å². The normalized spacial score (nSPS) is 12.0. The van der Waals surface area contributed by atoms with E-state index in [1.54, 1.807) is 12.1 Å². The van der Waals surface area contributed by atoms with Gasteiger partial charge in [-0.3, -0.25) is 0 Å². The maximum atomic E-state index is 18.3. The lowest BCUT2D eigenvalue weighted by Crippen LogP contribution is -2.21. The Morgan fingerprint density at radius 2 is 0.613 bits per heavy atom. The molecule has 0 spiro atoms. The van der Waals surface area contributed by atoms with Crippen LogP contribution in [-0.2, 0) is 10.8 Å². The third kappa shape index (κ3) is 9.37. The number of hydrogen-bond acceptors (Lipinski definition) is 2. The van der Waals surface area contributed by atoms with Crippen molar-refractivity contribution in [1.82, 2.24) is 0 Å². The summed E-state index contributed by atoms with van der Waals surface area (Å²) in [5.41, 5.74) is 17.4. The topological polar surface area (TPSA) is 6.48 Å². The molecule has 4 heteroatoms. The smallest absolute Gasteiger partial charge is 0.148 e. The van der Waals surface area contributed by atoms with Gasteiger partial charge in [-0.05, 0) is 153 Å². The van der Waals surface area contributed by atoms with Gasteiger partial charge in [-0.15, -0.1) is 0 Å². The highest BCUT2D eigenvalue weighted by Gasteiger charge is 2.32. The molecule has 0 aliphatic carbocycles. The van der Waals surface area contributed by atoms with Gasteiger partial charge in [0.15, 0.2) is 0 Å². The van der Waals surface area contributed by atoms with E-state index in [9.17, 15) is 0 Å². The van der Waals surface area contributed by atoms with Crippen LogP contribution in [0.3, 0.4) is 0 Å². The van der Waals surface area contributed by atoms with Crippen LogP contribution in [0.4, 0.5) is 42.9 Å². The van der Waals surface area contributed by atoms with Crippen LogP contribution in [0, 0.1) is 39.3 Å². The fraction of sp³-hybridized carbons (Fsp3) is 0.158. The van der Waals surface area contributed by atoms with Crippen LogP contribution in [0.2, 0.25) is 0 Å². The van der Waals surface area contributed by atoms with Gasteiger partial charge in [0.1, 0.15) is 11.6 Å². The fourth-order valence-corrected chi connectivity index (χ4v) is 11.9. The van der Waals surface area contributed by atoms with Crippen molar-refractivity contribution in [2.75, 3.05) is 9.80 Å². The molecular weight excluding hydrogens is 979 g/mol. The first kappa shape index (κ1) is 51.9. The molecule has 0 bridgehead atoms. The van der Waals surface area contributed by atoms with Crippen LogP contribution in [0.1, 0.15) is 74.9 Å². The lowest BCUT2D eigenvalue weighted by Gasteiger charge is -2.35. The van der Waals surface area contributed by atoms with E-state index in [1.807, 2.05) is 0 Å². The molecule has 0 amide bonds. The maximum absolute atomic E-state index is 18.3. The Bertz CT molecular complexity index is 4010. The minimum atomic E-state index is -0.330. The molecule has 12 aromatic carbocycles. The quantitative estimate of drug-likeness (QED) is 0.126. The molecule has 0 aromatic heterocycles. The van der Waals surface area contributed by atoms with E-state index >= 15 is 8.78 Å². The predicted octanol–water partition coefficient (Wildman–Crippen LogP) is 22.3. The second kappa shape index (κ2) is 20.1. The van der Waals surface area contributed by atoms with Crippen LogP contribution >= 0.6 is 0 Å². The molecule has 0 radical (unpaired) electrons. The van der Waals surface area contributed by atoms with Crippen LogP contribution in [0.5, 0.6) is 0 Å². The Kier molecular flexibility index (Phi) is 13.0. The highest BCUT2D eigenvalue weighted by atomic mass is 19.1. The SMILES string of the molecule is Cc1ccc(-c2cc(F)c(N(c3ccccc3C(C)(C)C)c3ccc4ccc5c(N(c6ccccc6C(C)(C)C)c6c(F)cc(-c7ccc(C)cc7)cc6-c6ccc(C)cc6)ccc6ccc3c4c65)c(-c3ccc(C)cc3)c2)cc1. The third-order valence-electron chi connectivity index (χ3n) is 16.1. The van der Waals surface area contributed by atoms with Gasteiger partial charge >= 0.3 is 0 Å². The van der Waals surface area contributed by atoms with E-state index < -0.39 is 0 Å². The highest BCUT2D eigenvalue weighted by molar-refractivity contribution is 6.28. The van der Waals surface area contributed by atoms with E-state index in [0.717, 1.165) is 133 Å². The summed E-state index contributed by atoms with van der Waals surface area (Å²) in [5, 5.41) is 6.12. The van der Waals surface area contributed by atoms with Gasteiger partial charge in [-0.25, -0.2) is 8.78 Å². The Morgan fingerprint density at radius 3 is 0.950 bits per heavy atom. The summed E-state index contributed by atoms with van der Waals surface area (Å²) in [6.07, 6.45) is 0. The second-order valence-corrected chi connectivity index (χ2v) is 24.0. The molecule has 12 rings (SSSR count). The number of aryl methyl sites for hydroxylation is 4. The molecule has 0 saturated heterocycles. The first-order chi connectivity index (χ1) is 38.4. The standard InChI is InChI=1S/C76H66F2N2/c1-47-19-27-51(28-20-47)57-43-61(53-31-23-49(3)24-32-53)73(65(77)45-57)79(69-17-13-11-15-63(69)75(5,6)7)67-41-37-55-36-40-60-68(42-38-56-35-39-59(67)71(55)72(56)60)80(70-18-14-12-16-64(70)76(8,9)10)74-62(54-33-25-50(4)26-34-54)44-58(46-66(74)78)52-29-21-48(2)22-30-52/h11-46H,1-10H3. The molecule has 0 N–H and O–H groups in total. The van der Waals surface area contributed by atoms with Crippen molar-refractivity contribution in [2.45, 2.75) is 80.1 Å². The van der Waals surface area contributed by atoms with Gasteiger partial charge in [0.2, 0.25) is 0 Å². The van der Waals surface area contributed by atoms with Crippen LogP contribution < -0.4 is 9.80 Å². The molecule has 0 fully saturated rings. The maximum Gasteiger partial charge on any atom is 0.148 e. The van der Waals surface area contributed by atoms with Crippen molar-refractivity contribution in [3.63, 3.8) is 0 Å². The molecule has 0 saturated carbocycles. The zero-order valence-electron chi connectivity index (χ0n) is 47.4. The van der Waals surface area contributed by atoms with Crippen molar-refractivity contribution in [1.29, 1.82) is 0 Å². The Balaban J connectivity index is 1.16. The van der Waals surface area contributed by atoms with Crippen LogP contribution in [-0.4, -0.2) is 0 Å². The molecule has 0 unspecified atom stereocenters. The number of benzene rings is 12. The average Bonchev–Trinajstić information content (AvgIpc) is 3.59. The molecular formula is C76H66F2N2. The van der Waals surface area contributed by atoms with Crippen molar-refractivity contribution < 1.29 is 8.78 Å². The van der Waals surface area contributed by atoms with Crippen molar-refractivity contribution in [2.24, 2.45) is 0 Å². The third-order valence-corrected chi connectivity index (χ3v) is 16.1. The molecule has 2 nitrogen and oxygen atoms in total. The average molecular weight is 1050 g/mol. The summed E-state index contributed by atoms with van der Waals surface area (Å²) < 4.78 is 36.7. The van der Waals surface area contributed by atoms with E-state index in [-0.39, 0.29) is 22.5 Å². The molecule has 12 aromatic rings. The second-order valence-electron chi connectivity index (χ2n) is 24.0. The lowest BCUT2D eigenvalue weighted by atomic mass is 9.84. The summed E-state index contributed by atoms with van der Waals surface area (Å²) in [6.45, 7) is 21.6. The van der Waals surface area contributed by atoms with Gasteiger partial charge in [-0.2, -0.15) is 0 Å². The highest BCUT2D eigenvalue weighted by Crippen LogP contribution is 2.54. The molecule has 0 heterocycles. The van der Waals surface area contributed by atoms with Crippen molar-refractivity contribution in [3.05, 3.63) is 263 Å². The van der Waals surface area contributed by atoms with E-state index in [2.05, 4.69) is 285 Å². The number of hydrogen-bond donors (Lipinski definition) is 0. The first-order valence-corrected chi connectivity index (χ1v) is 27.9. The van der Waals surface area contributed by atoms with Gasteiger partial charge in [0, 0.05) is 21.9 Å². The summed E-state index contributed by atoms with van der Waals surface area (Å²) in [7, 11) is 0. The Morgan fingerprint density at radius 1 is 0.300 bits per heavy atom.